The SMILES string of the molecule is O=C1CC2CC(Br)=CC1C2. The Labute approximate surface area is 68.6 Å². The Morgan fingerprint density at radius 3 is 3.00 bits per heavy atom. The second kappa shape index (κ2) is 2.19. The fourth-order valence-corrected chi connectivity index (χ4v) is 2.67. The molecule has 2 aliphatic rings. The Morgan fingerprint density at radius 1 is 1.50 bits per heavy atom. The van der Waals surface area contributed by atoms with Gasteiger partial charge in [0.1, 0.15) is 5.78 Å². The molecule has 0 aromatic rings. The zero-order valence-corrected chi connectivity index (χ0v) is 7.23. The topological polar surface area (TPSA) is 17.1 Å². The molecule has 2 unspecified atom stereocenters. The highest BCUT2D eigenvalue weighted by Gasteiger charge is 2.34. The molecule has 0 N–H and O–H groups in total. The molecule has 2 bridgehead atoms. The van der Waals surface area contributed by atoms with Crippen LogP contribution in [0.5, 0.6) is 0 Å². The molecule has 0 radical (unpaired) electrons. The lowest BCUT2D eigenvalue weighted by Gasteiger charge is -2.13. The van der Waals surface area contributed by atoms with Gasteiger partial charge in [-0.25, -0.2) is 0 Å². The third-order valence-electron chi connectivity index (χ3n) is 2.36. The molecule has 54 valence electrons. The van der Waals surface area contributed by atoms with Crippen molar-refractivity contribution in [1.82, 2.24) is 0 Å². The van der Waals surface area contributed by atoms with E-state index in [9.17, 15) is 4.79 Å². The van der Waals surface area contributed by atoms with Crippen LogP contribution in [0.2, 0.25) is 0 Å². The molecule has 0 aromatic heterocycles. The van der Waals surface area contributed by atoms with Crippen molar-refractivity contribution < 1.29 is 4.79 Å². The standard InChI is InChI=1S/C8H9BrO/c9-7-2-5-1-6(4-7)8(10)3-5/h4-6H,1-3H2. The maximum Gasteiger partial charge on any atom is 0.140 e. The van der Waals surface area contributed by atoms with Gasteiger partial charge in [0.05, 0.1) is 0 Å². The van der Waals surface area contributed by atoms with Crippen molar-refractivity contribution >= 4 is 21.7 Å². The van der Waals surface area contributed by atoms with Crippen LogP contribution in [0.25, 0.3) is 0 Å². The van der Waals surface area contributed by atoms with E-state index >= 15 is 0 Å². The molecule has 0 spiro atoms. The third-order valence-corrected chi connectivity index (χ3v) is 2.94. The summed E-state index contributed by atoms with van der Waals surface area (Å²) in [4.78, 5) is 11.1. The maximum absolute atomic E-state index is 11.1. The van der Waals surface area contributed by atoms with E-state index in [0.29, 0.717) is 11.7 Å². The quantitative estimate of drug-likeness (QED) is 0.587. The highest BCUT2D eigenvalue weighted by Crippen LogP contribution is 2.40. The first kappa shape index (κ1) is 6.59. The van der Waals surface area contributed by atoms with Gasteiger partial charge in [0.2, 0.25) is 0 Å². The summed E-state index contributed by atoms with van der Waals surface area (Å²) < 4.78 is 1.24. The number of ketones is 1. The fourth-order valence-electron chi connectivity index (χ4n) is 1.89. The van der Waals surface area contributed by atoms with Crippen LogP contribution in [0.3, 0.4) is 0 Å². The van der Waals surface area contributed by atoms with E-state index in [4.69, 9.17) is 0 Å². The Bertz CT molecular complexity index is 207. The summed E-state index contributed by atoms with van der Waals surface area (Å²) in [5, 5.41) is 0. The molecule has 10 heavy (non-hydrogen) atoms. The average Bonchev–Trinajstić information content (AvgIpc) is 2.07. The minimum atomic E-state index is 0.258. The van der Waals surface area contributed by atoms with Crippen molar-refractivity contribution in [2.24, 2.45) is 11.8 Å². The van der Waals surface area contributed by atoms with Crippen molar-refractivity contribution in [1.29, 1.82) is 0 Å². The van der Waals surface area contributed by atoms with E-state index < -0.39 is 0 Å². The van der Waals surface area contributed by atoms with E-state index in [1.165, 1.54) is 4.48 Å². The molecule has 0 amide bonds. The lowest BCUT2D eigenvalue weighted by molar-refractivity contribution is -0.119. The lowest BCUT2D eigenvalue weighted by atomic mass is 9.96. The molecule has 2 atom stereocenters. The number of carbonyl (C=O) groups is 1. The van der Waals surface area contributed by atoms with Crippen LogP contribution in [0.1, 0.15) is 19.3 Å². The van der Waals surface area contributed by atoms with E-state index in [1.807, 2.05) is 0 Å². The first-order chi connectivity index (χ1) is 4.75. The van der Waals surface area contributed by atoms with Crippen LogP contribution in [0.4, 0.5) is 0 Å². The lowest BCUT2D eigenvalue weighted by Crippen LogP contribution is -2.04. The highest BCUT2D eigenvalue weighted by molar-refractivity contribution is 9.11. The summed E-state index contributed by atoms with van der Waals surface area (Å²) >= 11 is 3.45. The molecule has 1 saturated carbocycles. The zero-order chi connectivity index (χ0) is 7.14. The third kappa shape index (κ3) is 0.947. The number of hydrogen-bond donors (Lipinski definition) is 0. The van der Waals surface area contributed by atoms with Gasteiger partial charge in [-0.2, -0.15) is 0 Å². The van der Waals surface area contributed by atoms with Gasteiger partial charge in [-0.15, -0.1) is 0 Å². The molecule has 2 rings (SSSR count). The zero-order valence-electron chi connectivity index (χ0n) is 5.64. The smallest absolute Gasteiger partial charge is 0.140 e. The number of fused-ring (bicyclic) bond motifs is 2. The first-order valence-electron chi connectivity index (χ1n) is 3.64. The van der Waals surface area contributed by atoms with Crippen LogP contribution < -0.4 is 0 Å². The predicted molar refractivity (Wildman–Crippen MR) is 42.8 cm³/mol. The highest BCUT2D eigenvalue weighted by atomic mass is 79.9. The number of Topliss-reactive ketones (excluding diaryl/α,β-unsaturated/α-hetero) is 1. The fraction of sp³-hybridized carbons (Fsp3) is 0.625. The van der Waals surface area contributed by atoms with Crippen LogP contribution in [0, 0.1) is 11.8 Å². The Kier molecular flexibility index (Phi) is 1.44. The van der Waals surface area contributed by atoms with Crippen LogP contribution in [-0.2, 0) is 4.79 Å². The van der Waals surface area contributed by atoms with Gasteiger partial charge in [0, 0.05) is 12.3 Å². The van der Waals surface area contributed by atoms with E-state index in [0.717, 1.165) is 19.3 Å². The molecular weight excluding hydrogens is 192 g/mol. The van der Waals surface area contributed by atoms with Gasteiger partial charge in [-0.3, -0.25) is 4.79 Å². The minimum absolute atomic E-state index is 0.258. The van der Waals surface area contributed by atoms with Crippen LogP contribution in [-0.4, -0.2) is 5.78 Å². The second-order valence-corrected chi connectivity index (χ2v) is 4.21. The number of halogens is 1. The van der Waals surface area contributed by atoms with Crippen molar-refractivity contribution in [3.05, 3.63) is 10.6 Å². The number of allylic oxidation sites excluding steroid dienone is 2. The normalized spacial score (nSPS) is 38.1. The van der Waals surface area contributed by atoms with E-state index in [1.54, 1.807) is 0 Å². The van der Waals surface area contributed by atoms with Crippen LogP contribution >= 0.6 is 15.9 Å². The molecule has 1 nitrogen and oxygen atoms in total. The number of rotatable bonds is 0. The molecule has 0 saturated heterocycles. The summed E-state index contributed by atoms with van der Waals surface area (Å²) in [5.41, 5.74) is 0. The monoisotopic (exact) mass is 200 g/mol. The van der Waals surface area contributed by atoms with Gasteiger partial charge in [0.15, 0.2) is 0 Å². The Hall–Kier alpha value is -0.110. The summed E-state index contributed by atoms with van der Waals surface area (Å²) in [6.45, 7) is 0. The van der Waals surface area contributed by atoms with Gasteiger partial charge in [-0.05, 0) is 23.2 Å². The van der Waals surface area contributed by atoms with Crippen molar-refractivity contribution in [2.45, 2.75) is 19.3 Å². The van der Waals surface area contributed by atoms with Gasteiger partial charge < -0.3 is 0 Å². The van der Waals surface area contributed by atoms with Gasteiger partial charge in [-0.1, -0.05) is 22.0 Å². The van der Waals surface area contributed by atoms with Crippen LogP contribution in [0.15, 0.2) is 10.6 Å². The van der Waals surface area contributed by atoms with Gasteiger partial charge >= 0.3 is 0 Å². The van der Waals surface area contributed by atoms with E-state index in [2.05, 4.69) is 22.0 Å². The molecule has 1 fully saturated rings. The molecule has 0 heterocycles. The van der Waals surface area contributed by atoms with E-state index in [-0.39, 0.29) is 5.92 Å². The second-order valence-electron chi connectivity index (χ2n) is 3.20. The maximum atomic E-state index is 11.1. The average molecular weight is 201 g/mol. The Balaban J connectivity index is 2.29. The van der Waals surface area contributed by atoms with Crippen molar-refractivity contribution in [3.63, 3.8) is 0 Å². The summed E-state index contributed by atoms with van der Waals surface area (Å²) in [6.07, 6.45) is 5.08. The molecule has 0 aliphatic heterocycles. The molecule has 2 heteroatoms. The summed E-state index contributed by atoms with van der Waals surface area (Å²) in [7, 11) is 0. The summed E-state index contributed by atoms with van der Waals surface area (Å²) in [6, 6.07) is 0. The molecule has 2 aliphatic carbocycles. The number of carbonyl (C=O) groups excluding carboxylic acids is 1. The number of hydrogen-bond acceptors (Lipinski definition) is 1. The first-order valence-corrected chi connectivity index (χ1v) is 4.44. The molecular formula is C8H9BrO. The predicted octanol–water partition coefficient (Wildman–Crippen LogP) is 2.26. The van der Waals surface area contributed by atoms with Gasteiger partial charge in [0.25, 0.3) is 0 Å². The van der Waals surface area contributed by atoms with Crippen molar-refractivity contribution in [2.75, 3.05) is 0 Å². The van der Waals surface area contributed by atoms with Crippen molar-refractivity contribution in [3.8, 4) is 0 Å². The summed E-state index contributed by atoms with van der Waals surface area (Å²) in [5.74, 6) is 1.35. The minimum Gasteiger partial charge on any atom is -0.299 e. The molecule has 0 aromatic carbocycles. The Morgan fingerprint density at radius 2 is 2.30 bits per heavy atom. The largest absolute Gasteiger partial charge is 0.299 e.